The van der Waals surface area contributed by atoms with E-state index >= 15 is 0 Å². The van der Waals surface area contributed by atoms with E-state index in [-0.39, 0.29) is 0 Å². The van der Waals surface area contributed by atoms with Gasteiger partial charge in [-0.3, -0.25) is 0 Å². The number of rotatable bonds is 5. The maximum Gasteiger partial charge on any atom is 0.136 e. The van der Waals surface area contributed by atoms with E-state index in [4.69, 9.17) is 10.8 Å². The molecule has 3 rings (SSSR count). The molecule has 1 aromatic carbocycles. The fraction of sp³-hybridized carbons (Fsp3) is 0.471. The van der Waals surface area contributed by atoms with Gasteiger partial charge in [0.05, 0.1) is 11.4 Å². The van der Waals surface area contributed by atoms with Crippen LogP contribution in [0.15, 0.2) is 30.3 Å². The van der Waals surface area contributed by atoms with Crippen molar-refractivity contribution in [3.63, 3.8) is 0 Å². The lowest BCUT2D eigenvalue weighted by Crippen LogP contribution is -2.25. The first-order chi connectivity index (χ1) is 10.1. The van der Waals surface area contributed by atoms with Crippen LogP contribution in [0.5, 0.6) is 0 Å². The molecule has 2 atom stereocenters. The summed E-state index contributed by atoms with van der Waals surface area (Å²) in [6.07, 6.45) is 1.33. The average Bonchev–Trinajstić information content (AvgIpc) is 3.06. The minimum absolute atomic E-state index is 0.526. The molecular weight excluding hydrogens is 260 g/mol. The van der Waals surface area contributed by atoms with Gasteiger partial charge in [-0.05, 0) is 37.3 Å². The predicted molar refractivity (Wildman–Crippen MR) is 86.7 cm³/mol. The third-order valence-electron chi connectivity index (χ3n) is 4.51. The van der Waals surface area contributed by atoms with Crippen molar-refractivity contribution in [2.24, 2.45) is 17.6 Å². The van der Waals surface area contributed by atoms with Crippen molar-refractivity contribution in [3.8, 4) is 5.69 Å². The second kappa shape index (κ2) is 5.53. The first-order valence-corrected chi connectivity index (χ1v) is 7.67. The summed E-state index contributed by atoms with van der Waals surface area (Å²) < 4.78 is 2.03. The zero-order valence-corrected chi connectivity index (χ0v) is 13.1. The number of benzene rings is 1. The third-order valence-corrected chi connectivity index (χ3v) is 4.51. The van der Waals surface area contributed by atoms with Gasteiger partial charge in [-0.25, -0.2) is 4.68 Å². The van der Waals surface area contributed by atoms with Crippen molar-refractivity contribution in [1.29, 1.82) is 0 Å². The molecule has 1 aromatic heterocycles. The molecule has 0 aliphatic heterocycles. The zero-order valence-electron chi connectivity index (χ0n) is 13.1. The number of nitrogens with two attached hydrogens (primary N) is 1. The summed E-state index contributed by atoms with van der Waals surface area (Å²) in [6.45, 7) is 5.96. The van der Waals surface area contributed by atoms with E-state index in [0.29, 0.717) is 6.54 Å². The van der Waals surface area contributed by atoms with Crippen LogP contribution in [0.25, 0.3) is 5.69 Å². The first-order valence-electron chi connectivity index (χ1n) is 7.67. The van der Waals surface area contributed by atoms with Crippen LogP contribution in [0.2, 0.25) is 0 Å². The quantitative estimate of drug-likeness (QED) is 0.918. The average molecular weight is 284 g/mol. The van der Waals surface area contributed by atoms with Gasteiger partial charge in [-0.15, -0.1) is 0 Å². The fourth-order valence-electron chi connectivity index (χ4n) is 3.02. The van der Waals surface area contributed by atoms with Gasteiger partial charge in [0, 0.05) is 25.7 Å². The van der Waals surface area contributed by atoms with Crippen molar-refractivity contribution in [3.05, 3.63) is 41.6 Å². The Morgan fingerprint density at radius 1 is 1.33 bits per heavy atom. The topological polar surface area (TPSA) is 47.1 Å². The van der Waals surface area contributed by atoms with E-state index < -0.39 is 0 Å². The normalized spacial score (nSPS) is 20.6. The first kappa shape index (κ1) is 14.1. The van der Waals surface area contributed by atoms with E-state index in [1.165, 1.54) is 6.42 Å². The van der Waals surface area contributed by atoms with Gasteiger partial charge in [-0.1, -0.05) is 25.1 Å². The molecule has 2 aromatic rings. The second-order valence-electron chi connectivity index (χ2n) is 6.19. The van der Waals surface area contributed by atoms with Crippen LogP contribution in [-0.2, 0) is 6.54 Å². The Balaban J connectivity index is 2.00. The maximum absolute atomic E-state index is 5.97. The smallest absolute Gasteiger partial charge is 0.136 e. The van der Waals surface area contributed by atoms with Gasteiger partial charge in [0.1, 0.15) is 5.82 Å². The van der Waals surface area contributed by atoms with E-state index in [0.717, 1.165) is 41.1 Å². The standard InChI is InChI=1S/C17H24N4/c1-12-9-14(12)11-20(3)17-16(10-18)13(2)19-21(17)15-7-5-4-6-8-15/h4-8,12,14H,9-11,18H2,1-3H3. The van der Waals surface area contributed by atoms with Crippen molar-refractivity contribution < 1.29 is 0 Å². The second-order valence-corrected chi connectivity index (χ2v) is 6.19. The third kappa shape index (κ3) is 2.68. The number of nitrogens with zero attached hydrogens (tertiary/aromatic N) is 3. The monoisotopic (exact) mass is 284 g/mol. The van der Waals surface area contributed by atoms with Gasteiger partial charge in [-0.2, -0.15) is 5.10 Å². The Morgan fingerprint density at radius 3 is 2.57 bits per heavy atom. The Labute approximate surface area is 126 Å². The van der Waals surface area contributed by atoms with Crippen LogP contribution in [0.3, 0.4) is 0 Å². The minimum atomic E-state index is 0.526. The van der Waals surface area contributed by atoms with Crippen LogP contribution in [0, 0.1) is 18.8 Å². The van der Waals surface area contributed by atoms with Crippen LogP contribution in [0.4, 0.5) is 5.82 Å². The summed E-state index contributed by atoms with van der Waals surface area (Å²) in [5, 5.41) is 4.71. The number of aryl methyl sites for hydroxylation is 1. The van der Waals surface area contributed by atoms with E-state index in [2.05, 4.69) is 31.0 Å². The summed E-state index contributed by atoms with van der Waals surface area (Å²) in [7, 11) is 2.15. The molecule has 1 saturated carbocycles. The van der Waals surface area contributed by atoms with Gasteiger partial charge >= 0.3 is 0 Å². The SMILES string of the molecule is Cc1nn(-c2ccccc2)c(N(C)CC2CC2C)c1CN. The zero-order chi connectivity index (χ0) is 15.0. The molecule has 1 heterocycles. The Morgan fingerprint density at radius 2 is 2.00 bits per heavy atom. The van der Waals surface area contributed by atoms with E-state index in [1.807, 2.05) is 29.8 Å². The molecule has 1 aliphatic rings. The van der Waals surface area contributed by atoms with Crippen molar-refractivity contribution in [2.75, 3.05) is 18.5 Å². The molecule has 112 valence electrons. The molecule has 0 amide bonds. The number of hydrogen-bond donors (Lipinski definition) is 1. The Hall–Kier alpha value is -1.81. The molecule has 0 radical (unpaired) electrons. The lowest BCUT2D eigenvalue weighted by molar-refractivity contribution is 0.703. The van der Waals surface area contributed by atoms with E-state index in [1.54, 1.807) is 0 Å². The molecule has 1 aliphatic carbocycles. The van der Waals surface area contributed by atoms with Crippen LogP contribution < -0.4 is 10.6 Å². The summed E-state index contributed by atoms with van der Waals surface area (Å²) in [5.74, 6) is 2.79. The predicted octanol–water partition coefficient (Wildman–Crippen LogP) is 2.73. The highest BCUT2D eigenvalue weighted by molar-refractivity contribution is 5.55. The summed E-state index contributed by atoms with van der Waals surface area (Å²) in [4.78, 5) is 2.32. The highest BCUT2D eigenvalue weighted by Gasteiger charge is 2.34. The van der Waals surface area contributed by atoms with Gasteiger partial charge in [0.25, 0.3) is 0 Å². The highest BCUT2D eigenvalue weighted by Crippen LogP contribution is 2.39. The molecule has 1 fully saturated rings. The molecule has 4 heteroatoms. The van der Waals surface area contributed by atoms with Gasteiger partial charge in [0.2, 0.25) is 0 Å². The molecule has 0 spiro atoms. The minimum Gasteiger partial charge on any atom is -0.359 e. The molecule has 2 N–H and O–H groups in total. The number of anilines is 1. The lowest BCUT2D eigenvalue weighted by atomic mass is 10.2. The number of para-hydroxylation sites is 1. The van der Waals surface area contributed by atoms with Gasteiger partial charge < -0.3 is 10.6 Å². The molecule has 0 bridgehead atoms. The summed E-state index contributed by atoms with van der Waals surface area (Å²) >= 11 is 0. The van der Waals surface area contributed by atoms with Gasteiger partial charge in [0.15, 0.2) is 0 Å². The van der Waals surface area contributed by atoms with Crippen molar-refractivity contribution in [1.82, 2.24) is 9.78 Å². The molecule has 21 heavy (non-hydrogen) atoms. The van der Waals surface area contributed by atoms with Crippen LogP contribution in [0.1, 0.15) is 24.6 Å². The molecule has 4 nitrogen and oxygen atoms in total. The Bertz CT molecular complexity index is 617. The van der Waals surface area contributed by atoms with E-state index in [9.17, 15) is 0 Å². The van der Waals surface area contributed by atoms with Crippen molar-refractivity contribution >= 4 is 5.82 Å². The number of hydrogen-bond acceptors (Lipinski definition) is 3. The maximum atomic E-state index is 5.97. The Kier molecular flexibility index (Phi) is 3.72. The lowest BCUT2D eigenvalue weighted by Gasteiger charge is -2.22. The van der Waals surface area contributed by atoms with Crippen LogP contribution >= 0.6 is 0 Å². The fourth-order valence-corrected chi connectivity index (χ4v) is 3.02. The summed E-state index contributed by atoms with van der Waals surface area (Å²) in [6, 6.07) is 10.3. The largest absolute Gasteiger partial charge is 0.359 e. The highest BCUT2D eigenvalue weighted by atomic mass is 15.4. The number of aromatic nitrogens is 2. The molecule has 2 unspecified atom stereocenters. The molecular formula is C17H24N4. The van der Waals surface area contributed by atoms with Crippen LogP contribution in [-0.4, -0.2) is 23.4 Å². The van der Waals surface area contributed by atoms with Crippen molar-refractivity contribution in [2.45, 2.75) is 26.8 Å². The molecule has 0 saturated heterocycles. The summed E-state index contributed by atoms with van der Waals surface area (Å²) in [5.41, 5.74) is 9.23.